The molecular formula is C26H27F3N2O3S. The van der Waals surface area contributed by atoms with Crippen LogP contribution in [0.15, 0.2) is 54.0 Å². The number of carbonyl (C=O) groups is 1. The van der Waals surface area contributed by atoms with Crippen LogP contribution in [0.25, 0.3) is 0 Å². The third-order valence-electron chi connectivity index (χ3n) is 5.91. The zero-order valence-electron chi connectivity index (χ0n) is 19.4. The number of halogens is 3. The molecule has 1 aliphatic rings. The number of thiazole rings is 1. The summed E-state index contributed by atoms with van der Waals surface area (Å²) in [6, 6.07) is 12.2. The molecule has 1 saturated heterocycles. The molecule has 0 saturated carbocycles. The summed E-state index contributed by atoms with van der Waals surface area (Å²) in [4.78, 5) is 20.2. The van der Waals surface area contributed by atoms with E-state index in [1.807, 2.05) is 36.7 Å². The number of rotatable bonds is 9. The summed E-state index contributed by atoms with van der Waals surface area (Å²) >= 11 is 1.59. The van der Waals surface area contributed by atoms with Gasteiger partial charge in [0.2, 0.25) is 0 Å². The molecule has 0 spiro atoms. The third-order valence-corrected chi connectivity index (χ3v) is 6.91. The highest BCUT2D eigenvalue weighted by Gasteiger charge is 2.36. The van der Waals surface area contributed by atoms with Crippen LogP contribution >= 0.6 is 11.3 Å². The van der Waals surface area contributed by atoms with Crippen LogP contribution in [0, 0.1) is 6.92 Å². The third kappa shape index (κ3) is 6.61. The molecule has 1 aromatic heterocycles. The second-order valence-corrected chi connectivity index (χ2v) is 9.41. The van der Waals surface area contributed by atoms with Crippen LogP contribution in [0.3, 0.4) is 0 Å². The highest BCUT2D eigenvalue weighted by Crippen LogP contribution is 2.33. The Morgan fingerprint density at radius 3 is 2.77 bits per heavy atom. The summed E-state index contributed by atoms with van der Waals surface area (Å²) in [6.07, 6.45) is -2.44. The van der Waals surface area contributed by atoms with Crippen LogP contribution in [0.4, 0.5) is 13.2 Å². The Hall–Kier alpha value is -2.91. The van der Waals surface area contributed by atoms with E-state index >= 15 is 0 Å². The normalized spacial score (nSPS) is 15.8. The molecule has 3 aromatic rings. The van der Waals surface area contributed by atoms with Crippen molar-refractivity contribution in [1.29, 1.82) is 0 Å². The fourth-order valence-corrected chi connectivity index (χ4v) is 4.88. The van der Waals surface area contributed by atoms with E-state index < -0.39 is 17.6 Å². The summed E-state index contributed by atoms with van der Waals surface area (Å²) < 4.78 is 52.3. The molecule has 1 atom stereocenters. The zero-order chi connectivity index (χ0) is 24.8. The molecule has 0 aliphatic carbocycles. The van der Waals surface area contributed by atoms with Gasteiger partial charge in [0.25, 0.3) is 5.91 Å². The first-order valence-corrected chi connectivity index (χ1v) is 12.4. The number of benzene rings is 2. The van der Waals surface area contributed by atoms with Crippen molar-refractivity contribution >= 4 is 17.2 Å². The van der Waals surface area contributed by atoms with Gasteiger partial charge < -0.3 is 14.4 Å². The molecule has 2 heterocycles. The Labute approximate surface area is 206 Å². The fourth-order valence-electron chi connectivity index (χ4n) is 4.12. The second-order valence-electron chi connectivity index (χ2n) is 8.47. The van der Waals surface area contributed by atoms with E-state index in [-0.39, 0.29) is 24.8 Å². The van der Waals surface area contributed by atoms with E-state index in [0.717, 1.165) is 41.5 Å². The van der Waals surface area contributed by atoms with Crippen molar-refractivity contribution in [3.05, 3.63) is 81.3 Å². The highest BCUT2D eigenvalue weighted by atomic mass is 32.1. The molecule has 0 bridgehead atoms. The second kappa shape index (κ2) is 11.2. The molecule has 0 unspecified atom stereocenters. The van der Waals surface area contributed by atoms with E-state index in [9.17, 15) is 18.0 Å². The number of nitrogens with zero attached hydrogens (tertiary/aromatic N) is 2. The largest absolute Gasteiger partial charge is 0.493 e. The minimum atomic E-state index is -4.62. The van der Waals surface area contributed by atoms with Crippen molar-refractivity contribution in [2.45, 2.75) is 45.0 Å². The topological polar surface area (TPSA) is 51.7 Å². The van der Waals surface area contributed by atoms with Crippen LogP contribution in [0.2, 0.25) is 0 Å². The molecular weight excluding hydrogens is 477 g/mol. The van der Waals surface area contributed by atoms with Crippen LogP contribution in [-0.2, 0) is 23.9 Å². The van der Waals surface area contributed by atoms with E-state index in [0.29, 0.717) is 19.0 Å². The number of amides is 1. The molecule has 1 fully saturated rings. The predicted molar refractivity (Wildman–Crippen MR) is 128 cm³/mol. The Balaban J connectivity index is 1.50. The SMILES string of the molecule is Cc1ncsc1CCOc1cccc(CN(C[C@@H]2CCCO2)C(=O)c2ccccc2C(F)(F)F)c1. The molecule has 0 N–H and O–H groups in total. The van der Waals surface area contributed by atoms with Gasteiger partial charge in [-0.2, -0.15) is 13.2 Å². The van der Waals surface area contributed by atoms with E-state index in [4.69, 9.17) is 9.47 Å². The summed E-state index contributed by atoms with van der Waals surface area (Å²) in [5.41, 5.74) is 2.28. The molecule has 4 rings (SSSR count). The highest BCUT2D eigenvalue weighted by molar-refractivity contribution is 7.09. The number of hydrogen-bond acceptors (Lipinski definition) is 5. The smallest absolute Gasteiger partial charge is 0.417 e. The van der Waals surface area contributed by atoms with E-state index in [1.165, 1.54) is 23.1 Å². The average molecular weight is 505 g/mol. The van der Waals surface area contributed by atoms with Gasteiger partial charge in [0.05, 0.1) is 35.0 Å². The van der Waals surface area contributed by atoms with E-state index in [1.54, 1.807) is 11.3 Å². The molecule has 5 nitrogen and oxygen atoms in total. The van der Waals surface area contributed by atoms with Crippen LogP contribution in [0.5, 0.6) is 5.75 Å². The molecule has 0 radical (unpaired) electrons. The van der Waals surface area contributed by atoms with E-state index in [2.05, 4.69) is 4.98 Å². The summed E-state index contributed by atoms with van der Waals surface area (Å²) in [6.45, 7) is 3.40. The number of hydrogen-bond donors (Lipinski definition) is 0. The van der Waals surface area contributed by atoms with Gasteiger partial charge >= 0.3 is 6.18 Å². The van der Waals surface area contributed by atoms with Crippen molar-refractivity contribution in [3.63, 3.8) is 0 Å². The number of aromatic nitrogens is 1. The van der Waals surface area contributed by atoms with Crippen LogP contribution < -0.4 is 4.74 Å². The van der Waals surface area contributed by atoms with Crippen molar-refractivity contribution in [2.24, 2.45) is 0 Å². The predicted octanol–water partition coefficient (Wildman–Crippen LogP) is 5.91. The monoisotopic (exact) mass is 504 g/mol. The summed E-state index contributed by atoms with van der Waals surface area (Å²) in [5, 5.41) is 0. The van der Waals surface area contributed by atoms with Gasteiger partial charge in [-0.05, 0) is 49.6 Å². The van der Waals surface area contributed by atoms with Gasteiger partial charge in [-0.1, -0.05) is 24.3 Å². The number of ether oxygens (including phenoxy) is 2. The first-order chi connectivity index (χ1) is 16.8. The van der Waals surface area contributed by atoms with Gasteiger partial charge in [-0.15, -0.1) is 11.3 Å². The maximum Gasteiger partial charge on any atom is 0.417 e. The Kier molecular flexibility index (Phi) is 8.07. The molecule has 186 valence electrons. The van der Waals surface area contributed by atoms with Gasteiger partial charge in [0, 0.05) is 31.0 Å². The van der Waals surface area contributed by atoms with Crippen LogP contribution in [0.1, 0.15) is 44.9 Å². The Morgan fingerprint density at radius 2 is 2.06 bits per heavy atom. The first kappa shape index (κ1) is 25.2. The fraction of sp³-hybridized carbons (Fsp3) is 0.385. The van der Waals surface area contributed by atoms with Crippen molar-refractivity contribution < 1.29 is 27.4 Å². The first-order valence-electron chi connectivity index (χ1n) is 11.5. The lowest BCUT2D eigenvalue weighted by Crippen LogP contribution is -2.37. The van der Waals surface area contributed by atoms with Crippen molar-refractivity contribution in [1.82, 2.24) is 9.88 Å². The van der Waals surface area contributed by atoms with Gasteiger partial charge in [-0.25, -0.2) is 4.98 Å². The van der Waals surface area contributed by atoms with Crippen molar-refractivity contribution in [2.75, 3.05) is 19.8 Å². The molecule has 2 aromatic carbocycles. The number of alkyl halides is 3. The maximum atomic E-state index is 13.6. The van der Waals surface area contributed by atoms with Gasteiger partial charge in [0.1, 0.15) is 5.75 Å². The zero-order valence-corrected chi connectivity index (χ0v) is 20.2. The minimum Gasteiger partial charge on any atom is -0.493 e. The minimum absolute atomic E-state index is 0.149. The quantitative estimate of drug-likeness (QED) is 0.363. The van der Waals surface area contributed by atoms with Crippen molar-refractivity contribution in [3.8, 4) is 5.75 Å². The molecule has 1 amide bonds. The molecule has 35 heavy (non-hydrogen) atoms. The summed E-state index contributed by atoms with van der Waals surface area (Å²) in [5.74, 6) is -0.0229. The van der Waals surface area contributed by atoms with Gasteiger partial charge in [0.15, 0.2) is 0 Å². The van der Waals surface area contributed by atoms with Crippen LogP contribution in [-0.4, -0.2) is 41.7 Å². The molecule has 9 heteroatoms. The maximum absolute atomic E-state index is 13.6. The lowest BCUT2D eigenvalue weighted by molar-refractivity contribution is -0.138. The molecule has 1 aliphatic heterocycles. The number of carbonyl (C=O) groups excluding carboxylic acids is 1. The lowest BCUT2D eigenvalue weighted by atomic mass is 10.0. The standard InChI is InChI=1S/C26H27F3N2O3S/c1-18-24(35-17-30-18)11-13-34-20-7-4-6-19(14-20)15-31(16-21-8-5-12-33-21)25(32)22-9-2-3-10-23(22)26(27,28)29/h2-4,6-7,9-10,14,17,21H,5,8,11-13,15-16H2,1H3/t21-/m0/s1. The Bertz CT molecular complexity index is 1140. The average Bonchev–Trinajstić information content (AvgIpc) is 3.50. The Morgan fingerprint density at radius 1 is 1.23 bits per heavy atom. The summed E-state index contributed by atoms with van der Waals surface area (Å²) in [7, 11) is 0. The lowest BCUT2D eigenvalue weighted by Gasteiger charge is -2.27. The van der Waals surface area contributed by atoms with Gasteiger partial charge in [-0.3, -0.25) is 4.79 Å². The number of aryl methyl sites for hydroxylation is 1.